The summed E-state index contributed by atoms with van der Waals surface area (Å²) < 4.78 is 36.5. The maximum Gasteiger partial charge on any atom is 0.490 e. The summed E-state index contributed by atoms with van der Waals surface area (Å²) in [4.78, 5) is 0. The van der Waals surface area contributed by atoms with Gasteiger partial charge in [-0.15, -0.1) is 0 Å². The molecule has 0 aromatic heterocycles. The van der Waals surface area contributed by atoms with Gasteiger partial charge < -0.3 is 15.8 Å². The summed E-state index contributed by atoms with van der Waals surface area (Å²) in [6.45, 7) is 0. The Labute approximate surface area is 78.1 Å². The third-order valence-electron chi connectivity index (χ3n) is 1.69. The second-order valence-electron chi connectivity index (χ2n) is 2.72. The Hall–Kier alpha value is -1.21. The average Bonchev–Trinajstić information content (AvgIpc) is 2.02. The zero-order valence-electron chi connectivity index (χ0n) is 6.92. The first-order valence-corrected chi connectivity index (χ1v) is 3.65. The minimum absolute atomic E-state index is 0.0898. The molecule has 0 heterocycles. The lowest BCUT2D eigenvalue weighted by Crippen LogP contribution is -2.33. The van der Waals surface area contributed by atoms with Crippen LogP contribution in [0.3, 0.4) is 0 Å². The molecule has 0 aliphatic heterocycles. The zero-order chi connectivity index (χ0) is 10.9. The fraction of sp³-hybridized carbons (Fsp3) is 0.143. The fourth-order valence-electron chi connectivity index (χ4n) is 0.975. The molecule has 0 saturated carbocycles. The van der Waals surface area contributed by atoms with Crippen LogP contribution in [0.1, 0.15) is 5.56 Å². The van der Waals surface area contributed by atoms with Crippen LogP contribution in [-0.2, 0) is 6.18 Å². The highest BCUT2D eigenvalue weighted by Crippen LogP contribution is 2.28. The molecule has 0 aliphatic carbocycles. The molecule has 1 aromatic carbocycles. The number of halogens is 3. The lowest BCUT2D eigenvalue weighted by Gasteiger charge is -2.10. The van der Waals surface area contributed by atoms with E-state index in [-0.39, 0.29) is 11.2 Å². The van der Waals surface area contributed by atoms with Gasteiger partial charge in [0, 0.05) is 11.2 Å². The molecule has 1 aromatic rings. The highest BCUT2D eigenvalue weighted by Gasteiger charge is 2.31. The molecule has 0 atom stereocenters. The number of hydrogen-bond donors (Lipinski definition) is 3. The van der Waals surface area contributed by atoms with E-state index in [1.165, 1.54) is 0 Å². The van der Waals surface area contributed by atoms with E-state index in [4.69, 9.17) is 15.8 Å². The number of nitrogen functional groups attached to an aromatic ring is 1. The molecule has 0 fully saturated rings. The molecule has 14 heavy (non-hydrogen) atoms. The molecule has 0 amide bonds. The summed E-state index contributed by atoms with van der Waals surface area (Å²) in [5.41, 5.74) is 3.85. The monoisotopic (exact) mass is 205 g/mol. The van der Waals surface area contributed by atoms with E-state index in [0.29, 0.717) is 6.07 Å². The number of alkyl halides is 3. The SMILES string of the molecule is Nc1ccc(C(F)(F)F)cc1B(O)O. The number of anilines is 1. The molecule has 0 unspecified atom stereocenters. The van der Waals surface area contributed by atoms with Crippen molar-refractivity contribution in [3.05, 3.63) is 23.8 Å². The number of hydrogen-bond acceptors (Lipinski definition) is 3. The van der Waals surface area contributed by atoms with Gasteiger partial charge in [0.05, 0.1) is 5.56 Å². The van der Waals surface area contributed by atoms with Gasteiger partial charge in [0.1, 0.15) is 0 Å². The first kappa shape index (κ1) is 10.9. The van der Waals surface area contributed by atoms with Crippen LogP contribution in [0.5, 0.6) is 0 Å². The van der Waals surface area contributed by atoms with Crippen LogP contribution in [0.15, 0.2) is 18.2 Å². The number of rotatable bonds is 1. The van der Waals surface area contributed by atoms with E-state index in [1.54, 1.807) is 0 Å². The van der Waals surface area contributed by atoms with Crippen LogP contribution < -0.4 is 11.2 Å². The molecule has 0 spiro atoms. The summed E-state index contributed by atoms with van der Waals surface area (Å²) in [6, 6.07) is 2.37. The highest BCUT2D eigenvalue weighted by molar-refractivity contribution is 6.60. The van der Waals surface area contributed by atoms with E-state index in [0.717, 1.165) is 12.1 Å². The van der Waals surface area contributed by atoms with Gasteiger partial charge in [-0.05, 0) is 18.2 Å². The summed E-state index contributed by atoms with van der Waals surface area (Å²) in [7, 11) is -2.00. The Morgan fingerprint density at radius 2 is 1.79 bits per heavy atom. The van der Waals surface area contributed by atoms with Gasteiger partial charge in [0.25, 0.3) is 0 Å². The molecular weight excluding hydrogens is 198 g/mol. The molecule has 3 nitrogen and oxygen atoms in total. The largest absolute Gasteiger partial charge is 0.490 e. The quantitative estimate of drug-likeness (QED) is 0.445. The van der Waals surface area contributed by atoms with Crippen molar-refractivity contribution in [2.45, 2.75) is 6.18 Å². The molecule has 0 saturated heterocycles. The molecule has 0 aliphatic rings. The van der Waals surface area contributed by atoms with Crippen LogP contribution in [0.4, 0.5) is 18.9 Å². The normalized spacial score (nSPS) is 11.5. The van der Waals surface area contributed by atoms with Crippen molar-refractivity contribution < 1.29 is 23.2 Å². The molecule has 1 rings (SSSR count). The summed E-state index contributed by atoms with van der Waals surface area (Å²) >= 11 is 0. The van der Waals surface area contributed by atoms with E-state index in [2.05, 4.69) is 0 Å². The number of nitrogens with two attached hydrogens (primary N) is 1. The van der Waals surface area contributed by atoms with Gasteiger partial charge in [-0.3, -0.25) is 0 Å². The predicted octanol–water partition coefficient (Wildman–Crippen LogP) is -0.0326. The van der Waals surface area contributed by atoms with E-state index >= 15 is 0 Å². The van der Waals surface area contributed by atoms with Crippen LogP contribution in [-0.4, -0.2) is 17.2 Å². The van der Waals surface area contributed by atoms with Crippen LogP contribution >= 0.6 is 0 Å². The van der Waals surface area contributed by atoms with Crippen molar-refractivity contribution in [1.82, 2.24) is 0 Å². The molecule has 76 valence electrons. The van der Waals surface area contributed by atoms with Crippen LogP contribution in [0.25, 0.3) is 0 Å². The molecule has 0 radical (unpaired) electrons. The van der Waals surface area contributed by atoms with Crippen molar-refractivity contribution in [1.29, 1.82) is 0 Å². The fourth-order valence-corrected chi connectivity index (χ4v) is 0.975. The topological polar surface area (TPSA) is 66.5 Å². The Kier molecular flexibility index (Phi) is 2.72. The van der Waals surface area contributed by atoms with Crippen molar-refractivity contribution >= 4 is 18.3 Å². The molecule has 0 bridgehead atoms. The minimum Gasteiger partial charge on any atom is -0.423 e. The first-order chi connectivity index (χ1) is 6.32. The molecule has 7 heteroatoms. The average molecular weight is 205 g/mol. The van der Waals surface area contributed by atoms with Crippen molar-refractivity contribution in [3.63, 3.8) is 0 Å². The second kappa shape index (κ2) is 3.51. The summed E-state index contributed by atoms with van der Waals surface area (Å²) in [5, 5.41) is 17.4. The van der Waals surface area contributed by atoms with Gasteiger partial charge in [0.15, 0.2) is 0 Å². The first-order valence-electron chi connectivity index (χ1n) is 3.65. The van der Waals surface area contributed by atoms with Crippen molar-refractivity contribution in [2.75, 3.05) is 5.73 Å². The van der Waals surface area contributed by atoms with Gasteiger partial charge in [-0.25, -0.2) is 0 Å². The minimum atomic E-state index is -4.52. The van der Waals surface area contributed by atoms with Crippen LogP contribution in [0, 0.1) is 0 Å². The van der Waals surface area contributed by atoms with E-state index in [1.807, 2.05) is 0 Å². The smallest absolute Gasteiger partial charge is 0.423 e. The lowest BCUT2D eigenvalue weighted by molar-refractivity contribution is -0.137. The molecule has 4 N–H and O–H groups in total. The lowest BCUT2D eigenvalue weighted by atomic mass is 9.78. The standard InChI is InChI=1S/C7H7BF3NO2/c9-7(10,11)4-1-2-6(12)5(3-4)8(13)14/h1-3,13-14H,12H2. The molecular formula is C7H7BF3NO2. The summed E-state index contributed by atoms with van der Waals surface area (Å²) in [5.74, 6) is 0. The summed E-state index contributed by atoms with van der Waals surface area (Å²) in [6.07, 6.45) is -4.52. The zero-order valence-corrected chi connectivity index (χ0v) is 6.92. The Bertz CT molecular complexity index is 340. The second-order valence-corrected chi connectivity index (χ2v) is 2.72. The van der Waals surface area contributed by atoms with Gasteiger partial charge in [-0.2, -0.15) is 13.2 Å². The third kappa shape index (κ3) is 2.18. The predicted molar refractivity (Wildman–Crippen MR) is 45.7 cm³/mol. The Morgan fingerprint density at radius 1 is 1.21 bits per heavy atom. The maximum atomic E-state index is 12.2. The Balaban J connectivity index is 3.20. The van der Waals surface area contributed by atoms with Crippen molar-refractivity contribution in [2.24, 2.45) is 0 Å². The maximum absolute atomic E-state index is 12.2. The van der Waals surface area contributed by atoms with Crippen LogP contribution in [0.2, 0.25) is 0 Å². The van der Waals surface area contributed by atoms with Gasteiger partial charge in [0.2, 0.25) is 0 Å². The Morgan fingerprint density at radius 3 is 2.21 bits per heavy atom. The third-order valence-corrected chi connectivity index (χ3v) is 1.69. The van der Waals surface area contributed by atoms with E-state index < -0.39 is 18.9 Å². The van der Waals surface area contributed by atoms with E-state index in [9.17, 15) is 13.2 Å². The van der Waals surface area contributed by atoms with Gasteiger partial charge in [-0.1, -0.05) is 0 Å². The van der Waals surface area contributed by atoms with Gasteiger partial charge >= 0.3 is 13.3 Å². The highest BCUT2D eigenvalue weighted by atomic mass is 19.4. The van der Waals surface area contributed by atoms with Crippen molar-refractivity contribution in [3.8, 4) is 0 Å². The number of benzene rings is 1.